The highest BCUT2D eigenvalue weighted by molar-refractivity contribution is 7.14. The summed E-state index contributed by atoms with van der Waals surface area (Å²) in [4.78, 5) is 22.1. The van der Waals surface area contributed by atoms with Crippen LogP contribution in [0.4, 0.5) is 5.00 Å². The quantitative estimate of drug-likeness (QED) is 0.827. The van der Waals surface area contributed by atoms with E-state index in [1.165, 1.54) is 17.4 Å². The molecule has 1 rings (SSSR count). The van der Waals surface area contributed by atoms with Crippen molar-refractivity contribution in [3.63, 3.8) is 0 Å². The predicted octanol–water partition coefficient (Wildman–Crippen LogP) is 1.81. The van der Waals surface area contributed by atoms with Gasteiger partial charge in [-0.2, -0.15) is 0 Å². The van der Waals surface area contributed by atoms with Gasteiger partial charge in [-0.15, -0.1) is 11.3 Å². The number of thiophene rings is 1. The molecule has 0 aliphatic carbocycles. The molecule has 0 atom stereocenters. The first-order chi connectivity index (χ1) is 7.50. The zero-order valence-corrected chi connectivity index (χ0v) is 9.84. The smallest absolute Gasteiger partial charge is 0.338 e. The van der Waals surface area contributed by atoms with Crippen molar-refractivity contribution in [2.75, 3.05) is 11.9 Å². The third-order valence-electron chi connectivity index (χ3n) is 1.70. The summed E-state index contributed by atoms with van der Waals surface area (Å²) in [7, 11) is 0. The molecule has 88 valence electrons. The number of hydrogen-bond donors (Lipinski definition) is 2. The Morgan fingerprint density at radius 3 is 2.81 bits per heavy atom. The minimum absolute atomic E-state index is 0.0342. The summed E-state index contributed by atoms with van der Waals surface area (Å²) in [5, 5.41) is 13.3. The lowest BCUT2D eigenvalue weighted by Crippen LogP contribution is -2.21. The minimum Gasteiger partial charge on any atom is -0.478 e. The molecule has 0 unspecified atom stereocenters. The van der Waals surface area contributed by atoms with E-state index in [4.69, 9.17) is 9.84 Å². The molecule has 1 amide bonds. The van der Waals surface area contributed by atoms with Crippen LogP contribution in [-0.2, 0) is 9.53 Å². The van der Waals surface area contributed by atoms with E-state index in [1.807, 2.05) is 13.8 Å². The fourth-order valence-electron chi connectivity index (χ4n) is 0.980. The maximum absolute atomic E-state index is 11.4. The number of rotatable bonds is 5. The fraction of sp³-hybridized carbons (Fsp3) is 0.400. The van der Waals surface area contributed by atoms with Gasteiger partial charge in [-0.05, 0) is 25.3 Å². The zero-order valence-electron chi connectivity index (χ0n) is 9.02. The van der Waals surface area contributed by atoms with Crippen LogP contribution < -0.4 is 5.32 Å². The third-order valence-corrected chi connectivity index (χ3v) is 2.53. The Labute approximate surface area is 97.0 Å². The first-order valence-electron chi connectivity index (χ1n) is 4.73. The van der Waals surface area contributed by atoms with E-state index in [2.05, 4.69) is 5.32 Å². The Bertz CT molecular complexity index is 386. The molecule has 1 heterocycles. The molecule has 2 N–H and O–H groups in total. The minimum atomic E-state index is -1.05. The van der Waals surface area contributed by atoms with Gasteiger partial charge in [-0.3, -0.25) is 4.79 Å². The van der Waals surface area contributed by atoms with Crippen LogP contribution in [0.2, 0.25) is 0 Å². The van der Waals surface area contributed by atoms with Crippen molar-refractivity contribution < 1.29 is 19.4 Å². The van der Waals surface area contributed by atoms with Gasteiger partial charge in [-0.25, -0.2) is 4.79 Å². The average molecular weight is 243 g/mol. The summed E-state index contributed by atoms with van der Waals surface area (Å²) in [6, 6.07) is 1.45. The number of carboxylic acid groups (broad SMARTS) is 1. The molecule has 0 saturated heterocycles. The summed E-state index contributed by atoms with van der Waals surface area (Å²) in [5.74, 6) is -1.40. The van der Waals surface area contributed by atoms with Gasteiger partial charge in [0.15, 0.2) is 0 Å². The lowest BCUT2D eigenvalue weighted by Gasteiger charge is -2.07. The monoisotopic (exact) mass is 243 g/mol. The van der Waals surface area contributed by atoms with Crippen LogP contribution in [0.25, 0.3) is 0 Å². The highest BCUT2D eigenvalue weighted by atomic mass is 32.1. The average Bonchev–Trinajstić information content (AvgIpc) is 2.62. The molecule has 0 bridgehead atoms. The molecule has 1 aromatic rings. The lowest BCUT2D eigenvalue weighted by molar-refractivity contribution is -0.121. The molecule has 0 spiro atoms. The standard InChI is InChI=1S/C10H13NO4S/c1-6(2)15-5-8(12)11-9-7(10(13)14)3-4-16-9/h3-4,6H,5H2,1-2H3,(H,11,12)(H,13,14). The molecule has 1 aromatic heterocycles. The number of amides is 1. The Morgan fingerprint density at radius 2 is 2.25 bits per heavy atom. The van der Waals surface area contributed by atoms with Crippen LogP contribution in [0, 0.1) is 0 Å². The second-order valence-corrected chi connectivity index (χ2v) is 4.29. The second-order valence-electron chi connectivity index (χ2n) is 3.38. The highest BCUT2D eigenvalue weighted by Crippen LogP contribution is 2.22. The Balaban J connectivity index is 2.56. The molecule has 6 heteroatoms. The Kier molecular flexibility index (Phi) is 4.45. The first kappa shape index (κ1) is 12.7. The van der Waals surface area contributed by atoms with Crippen molar-refractivity contribution in [3.05, 3.63) is 17.0 Å². The molecule has 0 aliphatic rings. The van der Waals surface area contributed by atoms with Gasteiger partial charge < -0.3 is 15.2 Å². The molecular weight excluding hydrogens is 230 g/mol. The second kappa shape index (κ2) is 5.62. The van der Waals surface area contributed by atoms with Gasteiger partial charge in [0.25, 0.3) is 5.91 Å². The molecule has 5 nitrogen and oxygen atoms in total. The van der Waals surface area contributed by atoms with Crippen LogP contribution in [0.1, 0.15) is 24.2 Å². The van der Waals surface area contributed by atoms with E-state index in [0.717, 1.165) is 0 Å². The van der Waals surface area contributed by atoms with Crippen molar-refractivity contribution >= 4 is 28.2 Å². The summed E-state index contributed by atoms with van der Waals surface area (Å²) in [6.07, 6.45) is -0.0342. The first-order valence-corrected chi connectivity index (χ1v) is 5.61. The number of ether oxygens (including phenoxy) is 1. The van der Waals surface area contributed by atoms with Crippen LogP contribution >= 0.6 is 11.3 Å². The predicted molar refractivity (Wildman–Crippen MR) is 61.0 cm³/mol. The van der Waals surface area contributed by atoms with E-state index in [-0.39, 0.29) is 24.2 Å². The number of nitrogens with one attached hydrogen (secondary N) is 1. The van der Waals surface area contributed by atoms with Gasteiger partial charge in [0.05, 0.1) is 11.7 Å². The molecule has 16 heavy (non-hydrogen) atoms. The molecule has 0 radical (unpaired) electrons. The van der Waals surface area contributed by atoms with Gasteiger partial charge in [-0.1, -0.05) is 0 Å². The molecule has 0 aromatic carbocycles. The van der Waals surface area contributed by atoms with E-state index in [9.17, 15) is 9.59 Å². The lowest BCUT2D eigenvalue weighted by atomic mass is 10.3. The normalized spacial score (nSPS) is 10.4. The zero-order chi connectivity index (χ0) is 12.1. The number of carbonyl (C=O) groups is 2. The van der Waals surface area contributed by atoms with Crippen LogP contribution in [0.5, 0.6) is 0 Å². The third kappa shape index (κ3) is 3.63. The van der Waals surface area contributed by atoms with E-state index >= 15 is 0 Å². The van der Waals surface area contributed by atoms with Gasteiger partial charge >= 0.3 is 5.97 Å². The van der Waals surface area contributed by atoms with E-state index in [0.29, 0.717) is 5.00 Å². The molecule has 0 fully saturated rings. The number of anilines is 1. The Hall–Kier alpha value is -1.40. The van der Waals surface area contributed by atoms with Crippen molar-refractivity contribution in [3.8, 4) is 0 Å². The largest absolute Gasteiger partial charge is 0.478 e. The maximum Gasteiger partial charge on any atom is 0.338 e. The SMILES string of the molecule is CC(C)OCC(=O)Nc1sccc1C(=O)O. The van der Waals surface area contributed by atoms with Gasteiger partial charge in [0.1, 0.15) is 11.6 Å². The molecular formula is C10H13NO4S. The number of carboxylic acids is 1. The van der Waals surface area contributed by atoms with Gasteiger partial charge in [0, 0.05) is 0 Å². The summed E-state index contributed by atoms with van der Waals surface area (Å²) in [5.41, 5.74) is 0.0999. The van der Waals surface area contributed by atoms with Crippen LogP contribution in [0.3, 0.4) is 0 Å². The van der Waals surface area contributed by atoms with Crippen molar-refractivity contribution in [2.24, 2.45) is 0 Å². The number of aromatic carboxylic acids is 1. The number of hydrogen-bond acceptors (Lipinski definition) is 4. The summed E-state index contributed by atoms with van der Waals surface area (Å²) in [6.45, 7) is 3.57. The maximum atomic E-state index is 11.4. The van der Waals surface area contributed by atoms with Crippen LogP contribution in [0.15, 0.2) is 11.4 Å². The van der Waals surface area contributed by atoms with Crippen molar-refractivity contribution in [2.45, 2.75) is 20.0 Å². The molecule has 0 aliphatic heterocycles. The van der Waals surface area contributed by atoms with E-state index in [1.54, 1.807) is 5.38 Å². The fourth-order valence-corrected chi connectivity index (χ4v) is 1.77. The van der Waals surface area contributed by atoms with Crippen molar-refractivity contribution in [1.29, 1.82) is 0 Å². The molecule has 0 saturated carbocycles. The van der Waals surface area contributed by atoms with E-state index < -0.39 is 5.97 Å². The number of carbonyl (C=O) groups excluding carboxylic acids is 1. The van der Waals surface area contributed by atoms with Crippen LogP contribution in [-0.4, -0.2) is 29.7 Å². The van der Waals surface area contributed by atoms with Crippen molar-refractivity contribution in [1.82, 2.24) is 0 Å². The summed E-state index contributed by atoms with van der Waals surface area (Å²) < 4.78 is 5.10. The van der Waals surface area contributed by atoms with Gasteiger partial charge in [0.2, 0.25) is 0 Å². The summed E-state index contributed by atoms with van der Waals surface area (Å²) >= 11 is 1.17. The Morgan fingerprint density at radius 1 is 1.56 bits per heavy atom. The highest BCUT2D eigenvalue weighted by Gasteiger charge is 2.13. The topological polar surface area (TPSA) is 75.6 Å².